The molecule has 0 atom stereocenters. The number of rotatable bonds is 6. The predicted octanol–water partition coefficient (Wildman–Crippen LogP) is 2.76. The van der Waals surface area contributed by atoms with Crippen LogP contribution in [0.25, 0.3) is 0 Å². The van der Waals surface area contributed by atoms with Crippen molar-refractivity contribution in [3.63, 3.8) is 0 Å². The molecule has 0 spiro atoms. The van der Waals surface area contributed by atoms with Gasteiger partial charge < -0.3 is 9.64 Å². The number of hydrogen-bond donors (Lipinski definition) is 0. The summed E-state index contributed by atoms with van der Waals surface area (Å²) >= 11 is 6.16. The Morgan fingerprint density at radius 1 is 1.17 bits per heavy atom. The summed E-state index contributed by atoms with van der Waals surface area (Å²) in [5, 5.41) is 0.444. The third-order valence-electron chi connectivity index (χ3n) is 4.08. The third-order valence-corrected chi connectivity index (χ3v) is 6.41. The molecule has 0 bridgehead atoms. The van der Waals surface area contributed by atoms with Crippen LogP contribution in [0.2, 0.25) is 5.02 Å². The molecule has 0 aliphatic carbocycles. The van der Waals surface area contributed by atoms with E-state index in [0.717, 1.165) is 31.6 Å². The Morgan fingerprint density at radius 3 is 2.39 bits per heavy atom. The highest BCUT2D eigenvalue weighted by molar-refractivity contribution is 7.89. The van der Waals surface area contributed by atoms with Crippen molar-refractivity contribution in [2.75, 3.05) is 39.3 Å². The van der Waals surface area contributed by atoms with Crippen LogP contribution in [0.4, 0.5) is 0 Å². The molecule has 2 rings (SSSR count). The molecule has 0 unspecified atom stereocenters. The quantitative estimate of drug-likeness (QED) is 0.782. The summed E-state index contributed by atoms with van der Waals surface area (Å²) in [6.45, 7) is 9.83. The van der Waals surface area contributed by atoms with Crippen LogP contribution in [0.5, 0.6) is 5.75 Å². The van der Waals surface area contributed by atoms with Gasteiger partial charge in [-0.1, -0.05) is 25.4 Å². The molecule has 0 amide bonds. The number of ether oxygens (including phenoxy) is 1. The van der Waals surface area contributed by atoms with Gasteiger partial charge >= 0.3 is 0 Å². The monoisotopic (exact) mass is 360 g/mol. The Balaban J connectivity index is 2.33. The second-order valence-corrected chi connectivity index (χ2v) is 8.05. The lowest BCUT2D eigenvalue weighted by Crippen LogP contribution is -2.48. The highest BCUT2D eigenvalue weighted by Crippen LogP contribution is 2.32. The van der Waals surface area contributed by atoms with Crippen LogP contribution in [0.3, 0.4) is 0 Å². The second-order valence-electron chi connectivity index (χ2n) is 5.73. The Kier molecular flexibility index (Phi) is 6.31. The average molecular weight is 361 g/mol. The van der Waals surface area contributed by atoms with E-state index >= 15 is 0 Å². The maximum atomic E-state index is 13.0. The Labute approximate surface area is 144 Å². The molecule has 5 nitrogen and oxygen atoms in total. The van der Waals surface area contributed by atoms with Crippen LogP contribution in [-0.4, -0.2) is 57.0 Å². The van der Waals surface area contributed by atoms with Gasteiger partial charge in [0.25, 0.3) is 0 Å². The number of nitrogens with zero attached hydrogens (tertiary/aromatic N) is 2. The number of hydrogen-bond acceptors (Lipinski definition) is 4. The van der Waals surface area contributed by atoms with Crippen LogP contribution in [0, 0.1) is 6.92 Å². The maximum absolute atomic E-state index is 13.0. The molecule has 1 fully saturated rings. The van der Waals surface area contributed by atoms with Gasteiger partial charge in [0, 0.05) is 31.2 Å². The van der Waals surface area contributed by atoms with Gasteiger partial charge in [-0.2, -0.15) is 4.31 Å². The molecule has 1 heterocycles. The maximum Gasteiger partial charge on any atom is 0.246 e. The first kappa shape index (κ1) is 18.5. The number of piperazine rings is 1. The standard InChI is InChI=1S/C16H25ClN2O3S/c1-4-10-22-15-11-13(3)14(17)12-16(15)23(20,21)19-8-6-18(5-2)7-9-19/h11-12H,4-10H2,1-3H3. The summed E-state index contributed by atoms with van der Waals surface area (Å²) in [6.07, 6.45) is 0.816. The SMILES string of the molecule is CCCOc1cc(C)c(Cl)cc1S(=O)(=O)N1CCN(CC)CC1. The van der Waals surface area contributed by atoms with E-state index in [0.29, 0.717) is 30.5 Å². The first-order chi connectivity index (χ1) is 10.9. The van der Waals surface area contributed by atoms with E-state index in [1.807, 2.05) is 13.8 Å². The summed E-state index contributed by atoms with van der Waals surface area (Å²) < 4.78 is 33.2. The van der Waals surface area contributed by atoms with Crippen molar-refractivity contribution in [2.45, 2.75) is 32.1 Å². The normalized spacial score (nSPS) is 17.4. The summed E-state index contributed by atoms with van der Waals surface area (Å²) in [6, 6.07) is 3.23. The van der Waals surface area contributed by atoms with Gasteiger partial charge in [0.05, 0.1) is 6.61 Å². The number of halogens is 1. The van der Waals surface area contributed by atoms with E-state index < -0.39 is 10.0 Å². The van der Waals surface area contributed by atoms with Crippen LogP contribution in [0.15, 0.2) is 17.0 Å². The summed E-state index contributed by atoms with van der Waals surface area (Å²) in [5.41, 5.74) is 0.813. The van der Waals surface area contributed by atoms with Crippen molar-refractivity contribution in [1.29, 1.82) is 0 Å². The van der Waals surface area contributed by atoms with Crippen LogP contribution >= 0.6 is 11.6 Å². The van der Waals surface area contributed by atoms with E-state index in [-0.39, 0.29) is 4.90 Å². The fourth-order valence-corrected chi connectivity index (χ4v) is 4.38. The molecule has 0 N–H and O–H groups in total. The summed E-state index contributed by atoms with van der Waals surface area (Å²) in [4.78, 5) is 2.41. The zero-order valence-electron chi connectivity index (χ0n) is 14.0. The molecule has 0 radical (unpaired) electrons. The molecule has 130 valence electrons. The Hall–Kier alpha value is -0.820. The van der Waals surface area contributed by atoms with Crippen molar-refractivity contribution < 1.29 is 13.2 Å². The fourth-order valence-electron chi connectivity index (χ4n) is 2.59. The van der Waals surface area contributed by atoms with E-state index in [1.165, 1.54) is 10.4 Å². The molecule has 7 heteroatoms. The minimum Gasteiger partial charge on any atom is -0.492 e. The molecule has 0 aromatic heterocycles. The van der Waals surface area contributed by atoms with Crippen molar-refractivity contribution in [3.8, 4) is 5.75 Å². The van der Waals surface area contributed by atoms with Gasteiger partial charge in [-0.05, 0) is 37.6 Å². The highest BCUT2D eigenvalue weighted by Gasteiger charge is 2.31. The minimum atomic E-state index is -3.60. The molecule has 1 aliphatic rings. The Morgan fingerprint density at radius 2 is 1.83 bits per heavy atom. The van der Waals surface area contributed by atoms with E-state index in [9.17, 15) is 8.42 Å². The molecule has 0 saturated carbocycles. The molecule has 1 aromatic carbocycles. The van der Waals surface area contributed by atoms with Crippen molar-refractivity contribution in [2.24, 2.45) is 0 Å². The zero-order chi connectivity index (χ0) is 17.0. The van der Waals surface area contributed by atoms with Gasteiger partial charge in [0.2, 0.25) is 10.0 Å². The predicted molar refractivity (Wildman–Crippen MR) is 92.8 cm³/mol. The van der Waals surface area contributed by atoms with Crippen LogP contribution < -0.4 is 4.74 Å². The number of benzene rings is 1. The number of likely N-dealkylation sites (N-methyl/N-ethyl adjacent to an activating group) is 1. The summed E-state index contributed by atoms with van der Waals surface area (Å²) in [5.74, 6) is 0.395. The highest BCUT2D eigenvalue weighted by atomic mass is 35.5. The number of aryl methyl sites for hydroxylation is 1. The smallest absolute Gasteiger partial charge is 0.246 e. The third kappa shape index (κ3) is 4.18. The molecule has 1 aromatic rings. The fraction of sp³-hybridized carbons (Fsp3) is 0.625. The van der Waals surface area contributed by atoms with E-state index in [4.69, 9.17) is 16.3 Å². The van der Waals surface area contributed by atoms with E-state index in [1.54, 1.807) is 6.07 Å². The first-order valence-electron chi connectivity index (χ1n) is 8.05. The van der Waals surface area contributed by atoms with Crippen molar-refractivity contribution in [3.05, 3.63) is 22.7 Å². The molecule has 1 saturated heterocycles. The molecular weight excluding hydrogens is 336 g/mol. The van der Waals surface area contributed by atoms with E-state index in [2.05, 4.69) is 11.8 Å². The number of sulfonamides is 1. The largest absolute Gasteiger partial charge is 0.492 e. The van der Waals surface area contributed by atoms with Gasteiger partial charge in [0.15, 0.2) is 0 Å². The molecule has 1 aliphatic heterocycles. The minimum absolute atomic E-state index is 0.173. The van der Waals surface area contributed by atoms with Crippen LogP contribution in [0.1, 0.15) is 25.8 Å². The van der Waals surface area contributed by atoms with Gasteiger partial charge in [-0.25, -0.2) is 8.42 Å². The lowest BCUT2D eigenvalue weighted by atomic mass is 10.2. The lowest BCUT2D eigenvalue weighted by Gasteiger charge is -2.33. The lowest BCUT2D eigenvalue weighted by molar-refractivity contribution is 0.196. The van der Waals surface area contributed by atoms with Gasteiger partial charge in [0.1, 0.15) is 10.6 Å². The van der Waals surface area contributed by atoms with Crippen molar-refractivity contribution >= 4 is 21.6 Å². The topological polar surface area (TPSA) is 49.9 Å². The van der Waals surface area contributed by atoms with Gasteiger partial charge in [-0.15, -0.1) is 0 Å². The van der Waals surface area contributed by atoms with Crippen LogP contribution in [-0.2, 0) is 10.0 Å². The Bertz CT molecular complexity index is 641. The zero-order valence-corrected chi connectivity index (χ0v) is 15.6. The molecular formula is C16H25ClN2O3S. The average Bonchev–Trinajstić information content (AvgIpc) is 2.55. The molecule has 23 heavy (non-hydrogen) atoms. The van der Waals surface area contributed by atoms with Crippen molar-refractivity contribution in [1.82, 2.24) is 9.21 Å². The summed E-state index contributed by atoms with van der Waals surface area (Å²) in [7, 11) is -3.60. The first-order valence-corrected chi connectivity index (χ1v) is 9.87. The second kappa shape index (κ2) is 7.83. The van der Waals surface area contributed by atoms with Gasteiger partial charge in [-0.3, -0.25) is 0 Å².